The molecule has 0 amide bonds. The summed E-state index contributed by atoms with van der Waals surface area (Å²) >= 11 is 0. The number of nitrogens with zero attached hydrogens (tertiary/aromatic N) is 2. The van der Waals surface area contributed by atoms with Gasteiger partial charge in [-0.25, -0.2) is 0 Å². The van der Waals surface area contributed by atoms with Crippen molar-refractivity contribution < 1.29 is 10.0 Å². The van der Waals surface area contributed by atoms with E-state index in [0.717, 1.165) is 0 Å². The molecule has 1 atom stereocenters. The van der Waals surface area contributed by atoms with Gasteiger partial charge in [-0.15, -0.1) is 0 Å². The molecule has 0 aliphatic carbocycles. The second-order valence-electron chi connectivity index (χ2n) is 5.55. The minimum atomic E-state index is -0.872. The highest BCUT2D eigenvalue weighted by atomic mass is 16.6. The molecule has 0 aliphatic heterocycles. The highest BCUT2D eigenvalue weighted by Gasteiger charge is 2.22. The lowest BCUT2D eigenvalue weighted by atomic mass is 9.94. The zero-order valence-electron chi connectivity index (χ0n) is 11.9. The summed E-state index contributed by atoms with van der Waals surface area (Å²) < 4.78 is 0. The zero-order chi connectivity index (χ0) is 15.3. The molecule has 1 unspecified atom stereocenters. The van der Waals surface area contributed by atoms with Gasteiger partial charge in [-0.2, -0.15) is 5.26 Å². The molecule has 0 saturated heterocycles. The van der Waals surface area contributed by atoms with Gasteiger partial charge in [0.15, 0.2) is 0 Å². The molecule has 1 aromatic rings. The second kappa shape index (κ2) is 6.35. The molecule has 0 fully saturated rings. The number of nitriles is 1. The van der Waals surface area contributed by atoms with Gasteiger partial charge in [-0.3, -0.25) is 10.1 Å². The maximum atomic E-state index is 10.7. The van der Waals surface area contributed by atoms with Crippen LogP contribution in [-0.4, -0.2) is 22.2 Å². The molecule has 0 spiro atoms. The van der Waals surface area contributed by atoms with Gasteiger partial charge in [-0.1, -0.05) is 13.8 Å². The summed E-state index contributed by atoms with van der Waals surface area (Å²) in [5.41, 5.74) is -0.505. The average Bonchev–Trinajstić information content (AvgIpc) is 2.34. The summed E-state index contributed by atoms with van der Waals surface area (Å²) in [6, 6.07) is 6.04. The van der Waals surface area contributed by atoms with Crippen LogP contribution in [0.5, 0.6) is 0 Å². The number of rotatable bonds is 6. The molecule has 0 heterocycles. The van der Waals surface area contributed by atoms with Gasteiger partial charge in [-0.05, 0) is 31.4 Å². The monoisotopic (exact) mass is 277 g/mol. The minimum absolute atomic E-state index is 0.00324. The first-order valence-electron chi connectivity index (χ1n) is 6.40. The van der Waals surface area contributed by atoms with Crippen molar-refractivity contribution in [3.63, 3.8) is 0 Å². The Hall–Kier alpha value is -2.13. The number of benzene rings is 1. The number of hydrogen-bond acceptors (Lipinski definition) is 5. The van der Waals surface area contributed by atoms with E-state index in [1.807, 2.05) is 13.8 Å². The fourth-order valence-corrected chi connectivity index (χ4v) is 2.14. The topological polar surface area (TPSA) is 99.2 Å². The number of nitrogens with one attached hydrogen (secondary N) is 1. The number of nitro benzene ring substituents is 1. The molecule has 0 aromatic heterocycles. The summed E-state index contributed by atoms with van der Waals surface area (Å²) in [5.74, 6) is 0.360. The van der Waals surface area contributed by atoms with Gasteiger partial charge >= 0.3 is 0 Å². The second-order valence-corrected chi connectivity index (χ2v) is 5.55. The molecule has 108 valence electrons. The third-order valence-electron chi connectivity index (χ3n) is 2.84. The third-order valence-corrected chi connectivity index (χ3v) is 2.84. The van der Waals surface area contributed by atoms with Gasteiger partial charge in [0.1, 0.15) is 11.6 Å². The summed E-state index contributed by atoms with van der Waals surface area (Å²) in [5, 5.41) is 32.8. The molecule has 0 bridgehead atoms. The van der Waals surface area contributed by atoms with Crippen LogP contribution in [0.3, 0.4) is 0 Å². The predicted molar refractivity (Wildman–Crippen MR) is 76.4 cm³/mol. The van der Waals surface area contributed by atoms with Gasteiger partial charge in [0, 0.05) is 18.3 Å². The minimum Gasteiger partial charge on any atom is -0.388 e. The highest BCUT2D eigenvalue weighted by molar-refractivity contribution is 5.58. The Morgan fingerprint density at radius 3 is 2.70 bits per heavy atom. The normalized spacial score (nSPS) is 13.6. The Bertz CT molecular complexity index is 533. The van der Waals surface area contributed by atoms with Gasteiger partial charge in [0.25, 0.3) is 5.69 Å². The van der Waals surface area contributed by atoms with E-state index in [2.05, 4.69) is 5.32 Å². The van der Waals surface area contributed by atoms with E-state index in [1.165, 1.54) is 18.2 Å². The van der Waals surface area contributed by atoms with Crippen LogP contribution in [0, 0.1) is 27.4 Å². The molecule has 6 nitrogen and oxygen atoms in total. The molecule has 0 aliphatic rings. The Balaban J connectivity index is 2.80. The maximum absolute atomic E-state index is 10.7. The summed E-state index contributed by atoms with van der Waals surface area (Å²) in [6.07, 6.45) is 0.637. The molecular formula is C14H19N3O3. The highest BCUT2D eigenvalue weighted by Crippen LogP contribution is 2.23. The Kier molecular flexibility index (Phi) is 5.06. The van der Waals surface area contributed by atoms with Crippen LogP contribution in [0.4, 0.5) is 11.4 Å². The summed E-state index contributed by atoms with van der Waals surface area (Å²) in [6.45, 7) is 6.09. The van der Waals surface area contributed by atoms with Crippen LogP contribution in [0.15, 0.2) is 18.2 Å². The van der Waals surface area contributed by atoms with E-state index in [-0.39, 0.29) is 11.3 Å². The first kappa shape index (κ1) is 15.9. The lowest BCUT2D eigenvalue weighted by Crippen LogP contribution is -2.34. The quantitative estimate of drug-likeness (QED) is 0.615. The number of hydrogen-bond donors (Lipinski definition) is 2. The number of nitro groups is 1. The Morgan fingerprint density at radius 1 is 1.55 bits per heavy atom. The van der Waals surface area contributed by atoms with Crippen LogP contribution in [-0.2, 0) is 0 Å². The molecule has 2 N–H and O–H groups in total. The van der Waals surface area contributed by atoms with Gasteiger partial charge in [0.2, 0.25) is 0 Å². The molecule has 0 saturated carbocycles. The van der Waals surface area contributed by atoms with Crippen LogP contribution in [0.1, 0.15) is 32.8 Å². The van der Waals surface area contributed by atoms with Crippen molar-refractivity contribution in [2.24, 2.45) is 5.92 Å². The van der Waals surface area contributed by atoms with E-state index >= 15 is 0 Å². The molecule has 0 radical (unpaired) electrons. The van der Waals surface area contributed by atoms with Crippen molar-refractivity contribution in [2.75, 3.05) is 11.9 Å². The SMILES string of the molecule is CC(C)CC(C)(O)CNc1ccc([N+](=O)[O-])c(C#N)c1. The van der Waals surface area contributed by atoms with Gasteiger partial charge in [0.05, 0.1) is 10.5 Å². The molecule has 1 rings (SSSR count). The predicted octanol–water partition coefficient (Wildman–Crippen LogP) is 2.68. The molecule has 20 heavy (non-hydrogen) atoms. The molecular weight excluding hydrogens is 258 g/mol. The van der Waals surface area contributed by atoms with Gasteiger partial charge < -0.3 is 10.4 Å². The maximum Gasteiger partial charge on any atom is 0.287 e. The standard InChI is InChI=1S/C14H19N3O3/c1-10(2)7-14(3,18)9-16-12-4-5-13(17(19)20)11(6-12)8-15/h4-6,10,16,18H,7,9H2,1-3H3. The first-order valence-corrected chi connectivity index (χ1v) is 6.40. The third kappa shape index (κ3) is 4.52. The Labute approximate surface area is 118 Å². The smallest absolute Gasteiger partial charge is 0.287 e. The van der Waals surface area contributed by atoms with E-state index in [9.17, 15) is 15.2 Å². The lowest BCUT2D eigenvalue weighted by Gasteiger charge is -2.26. The van der Waals surface area contributed by atoms with Crippen molar-refractivity contribution in [3.05, 3.63) is 33.9 Å². The van der Waals surface area contributed by atoms with Crippen molar-refractivity contribution in [2.45, 2.75) is 32.8 Å². The molecule has 1 aromatic carbocycles. The van der Waals surface area contributed by atoms with Crippen LogP contribution >= 0.6 is 0 Å². The van der Waals surface area contributed by atoms with Crippen molar-refractivity contribution in [1.82, 2.24) is 0 Å². The van der Waals surface area contributed by atoms with Crippen molar-refractivity contribution in [1.29, 1.82) is 5.26 Å². The van der Waals surface area contributed by atoms with E-state index in [0.29, 0.717) is 24.6 Å². The molecule has 6 heteroatoms. The van der Waals surface area contributed by atoms with Crippen LogP contribution in [0.2, 0.25) is 0 Å². The first-order chi connectivity index (χ1) is 9.25. The summed E-state index contributed by atoms with van der Waals surface area (Å²) in [7, 11) is 0. The zero-order valence-corrected chi connectivity index (χ0v) is 11.9. The van der Waals surface area contributed by atoms with Crippen molar-refractivity contribution >= 4 is 11.4 Å². The summed E-state index contributed by atoms with van der Waals surface area (Å²) in [4.78, 5) is 10.1. The van der Waals surface area contributed by atoms with E-state index in [1.54, 1.807) is 13.0 Å². The fourth-order valence-electron chi connectivity index (χ4n) is 2.14. The average molecular weight is 277 g/mol. The van der Waals surface area contributed by atoms with Crippen LogP contribution < -0.4 is 5.32 Å². The van der Waals surface area contributed by atoms with E-state index in [4.69, 9.17) is 5.26 Å². The lowest BCUT2D eigenvalue weighted by molar-refractivity contribution is -0.385. The van der Waals surface area contributed by atoms with E-state index < -0.39 is 10.5 Å². The van der Waals surface area contributed by atoms with Crippen molar-refractivity contribution in [3.8, 4) is 6.07 Å². The number of aliphatic hydroxyl groups is 1. The van der Waals surface area contributed by atoms with Crippen LogP contribution in [0.25, 0.3) is 0 Å². The largest absolute Gasteiger partial charge is 0.388 e. The fraction of sp³-hybridized carbons (Fsp3) is 0.500. The number of anilines is 1. The Morgan fingerprint density at radius 2 is 2.20 bits per heavy atom.